The number of hydrogen-bond acceptors (Lipinski definition) is 5. The molecule has 2 aromatic rings. The van der Waals surface area contributed by atoms with E-state index in [-0.39, 0.29) is 6.04 Å². The molecule has 2 aromatic heterocycles. The number of nitrogens with two attached hydrogens (primary N) is 1. The Labute approximate surface area is 179 Å². The maximum atomic E-state index is 13.3. The first kappa shape index (κ1) is 20.8. The molecule has 2 saturated carbocycles. The Hall–Kier alpha value is -2.13. The molecule has 9 heteroatoms. The Morgan fingerprint density at radius 1 is 1.13 bits per heavy atom. The number of halogens is 3. The van der Waals surface area contributed by atoms with Gasteiger partial charge in [0.2, 0.25) is 0 Å². The Morgan fingerprint density at radius 3 is 2.42 bits per heavy atom. The van der Waals surface area contributed by atoms with E-state index in [1.54, 1.807) is 0 Å². The number of aromatic nitrogens is 3. The Morgan fingerprint density at radius 2 is 1.81 bits per heavy atom. The van der Waals surface area contributed by atoms with Gasteiger partial charge in [0.1, 0.15) is 5.82 Å². The molecule has 2 N–H and O–H groups in total. The van der Waals surface area contributed by atoms with Crippen molar-refractivity contribution in [2.45, 2.75) is 50.9 Å². The average Bonchev–Trinajstić information content (AvgIpc) is 3.09. The van der Waals surface area contributed by atoms with E-state index in [4.69, 9.17) is 10.5 Å². The molecule has 31 heavy (non-hydrogen) atoms. The smallest absolute Gasteiger partial charge is 0.383 e. The lowest BCUT2D eigenvalue weighted by atomic mass is 10.0. The molecule has 2 atom stereocenters. The molecule has 5 rings (SSSR count). The van der Waals surface area contributed by atoms with Crippen LogP contribution in [0.25, 0.3) is 11.3 Å². The van der Waals surface area contributed by atoms with Crippen LogP contribution in [-0.4, -0.2) is 52.0 Å². The van der Waals surface area contributed by atoms with Gasteiger partial charge in [-0.05, 0) is 50.7 Å². The SMILES string of the molecule is CC(C)n1nc(-c2cnc(N)c(C(F)(F)F)c2)cc1C1C2CC(N3CCOCC3)CC21. The van der Waals surface area contributed by atoms with Crippen molar-refractivity contribution in [2.24, 2.45) is 11.8 Å². The minimum absolute atomic E-state index is 0.129. The van der Waals surface area contributed by atoms with Gasteiger partial charge in [0, 0.05) is 48.5 Å². The summed E-state index contributed by atoms with van der Waals surface area (Å²) in [5.74, 6) is 1.19. The van der Waals surface area contributed by atoms with Gasteiger partial charge in [-0.3, -0.25) is 9.58 Å². The van der Waals surface area contributed by atoms with Crippen LogP contribution >= 0.6 is 0 Å². The summed E-state index contributed by atoms with van der Waals surface area (Å²) in [6, 6.07) is 3.77. The first-order valence-electron chi connectivity index (χ1n) is 11.0. The zero-order valence-corrected chi connectivity index (χ0v) is 17.8. The third kappa shape index (κ3) is 3.71. The first-order chi connectivity index (χ1) is 14.7. The van der Waals surface area contributed by atoms with Crippen molar-refractivity contribution in [3.05, 3.63) is 29.6 Å². The monoisotopic (exact) mass is 435 g/mol. The lowest BCUT2D eigenvalue weighted by Crippen LogP contribution is -2.43. The van der Waals surface area contributed by atoms with Gasteiger partial charge >= 0.3 is 6.18 Å². The normalized spacial score (nSPS) is 28.8. The predicted molar refractivity (Wildman–Crippen MR) is 110 cm³/mol. The number of pyridine rings is 1. The minimum atomic E-state index is -4.54. The van der Waals surface area contributed by atoms with Crippen LogP contribution in [0.15, 0.2) is 18.3 Å². The lowest BCUT2D eigenvalue weighted by molar-refractivity contribution is -0.137. The quantitative estimate of drug-likeness (QED) is 0.788. The molecular formula is C22H28F3N5O. The Bertz CT molecular complexity index is 955. The zero-order chi connectivity index (χ0) is 21.9. The first-order valence-corrected chi connectivity index (χ1v) is 11.0. The van der Waals surface area contributed by atoms with Crippen molar-refractivity contribution in [3.8, 4) is 11.3 Å². The topological polar surface area (TPSA) is 69.2 Å². The number of nitrogens with zero attached hydrogens (tertiary/aromatic N) is 4. The second kappa shape index (κ2) is 7.48. The van der Waals surface area contributed by atoms with Crippen LogP contribution in [0.1, 0.15) is 49.9 Å². The van der Waals surface area contributed by atoms with Gasteiger partial charge in [0.05, 0.1) is 24.5 Å². The fourth-order valence-electron chi connectivity index (χ4n) is 5.55. The predicted octanol–water partition coefficient (Wildman–Crippen LogP) is 3.95. The molecule has 3 fully saturated rings. The van der Waals surface area contributed by atoms with Gasteiger partial charge in [-0.15, -0.1) is 0 Å². The molecule has 3 aliphatic rings. The van der Waals surface area contributed by atoms with Crippen LogP contribution in [0.4, 0.5) is 19.0 Å². The Balaban J connectivity index is 1.39. The van der Waals surface area contributed by atoms with Crippen molar-refractivity contribution in [1.29, 1.82) is 0 Å². The van der Waals surface area contributed by atoms with E-state index >= 15 is 0 Å². The van der Waals surface area contributed by atoms with Crippen molar-refractivity contribution in [1.82, 2.24) is 19.7 Å². The van der Waals surface area contributed by atoms with E-state index in [0.717, 1.165) is 38.1 Å². The van der Waals surface area contributed by atoms with Crippen molar-refractivity contribution in [3.63, 3.8) is 0 Å². The minimum Gasteiger partial charge on any atom is -0.383 e. The number of nitrogen functional groups attached to an aromatic ring is 1. The summed E-state index contributed by atoms with van der Waals surface area (Å²) in [7, 11) is 0. The number of rotatable bonds is 4. The molecule has 1 aliphatic heterocycles. The van der Waals surface area contributed by atoms with Gasteiger partial charge in [0.25, 0.3) is 0 Å². The van der Waals surface area contributed by atoms with E-state index in [1.807, 2.05) is 10.7 Å². The molecule has 0 aromatic carbocycles. The number of morpholine rings is 1. The van der Waals surface area contributed by atoms with Gasteiger partial charge in [-0.2, -0.15) is 18.3 Å². The fourth-order valence-corrected chi connectivity index (χ4v) is 5.55. The van der Waals surface area contributed by atoms with Crippen LogP contribution in [-0.2, 0) is 10.9 Å². The maximum Gasteiger partial charge on any atom is 0.419 e. The van der Waals surface area contributed by atoms with Crippen molar-refractivity contribution in [2.75, 3.05) is 32.0 Å². The van der Waals surface area contributed by atoms with E-state index in [2.05, 4.69) is 28.8 Å². The van der Waals surface area contributed by atoms with E-state index in [1.165, 1.54) is 19.0 Å². The van der Waals surface area contributed by atoms with Crippen LogP contribution in [0, 0.1) is 11.8 Å². The van der Waals surface area contributed by atoms with Crippen molar-refractivity contribution >= 4 is 5.82 Å². The molecule has 6 nitrogen and oxygen atoms in total. The molecule has 0 radical (unpaired) electrons. The number of fused-ring (bicyclic) bond motifs is 1. The van der Waals surface area contributed by atoms with Crippen LogP contribution in [0.5, 0.6) is 0 Å². The van der Waals surface area contributed by atoms with Crippen LogP contribution < -0.4 is 5.73 Å². The van der Waals surface area contributed by atoms with E-state index in [9.17, 15) is 13.2 Å². The van der Waals surface area contributed by atoms with Gasteiger partial charge in [0.15, 0.2) is 0 Å². The summed E-state index contributed by atoms with van der Waals surface area (Å²) >= 11 is 0. The highest BCUT2D eigenvalue weighted by molar-refractivity contribution is 5.63. The second-order valence-electron chi connectivity index (χ2n) is 9.27. The molecule has 3 heterocycles. The summed E-state index contributed by atoms with van der Waals surface area (Å²) in [6.45, 7) is 7.75. The van der Waals surface area contributed by atoms with Crippen LogP contribution in [0.2, 0.25) is 0 Å². The molecule has 2 unspecified atom stereocenters. The third-order valence-corrected chi connectivity index (χ3v) is 7.10. The number of ether oxygens (including phenoxy) is 1. The van der Waals surface area contributed by atoms with Gasteiger partial charge < -0.3 is 10.5 Å². The molecule has 168 valence electrons. The highest BCUT2D eigenvalue weighted by Gasteiger charge is 2.58. The van der Waals surface area contributed by atoms with Gasteiger partial charge in [-0.1, -0.05) is 0 Å². The summed E-state index contributed by atoms with van der Waals surface area (Å²) in [4.78, 5) is 6.33. The molecule has 0 spiro atoms. The summed E-state index contributed by atoms with van der Waals surface area (Å²) in [5.41, 5.74) is 6.55. The number of hydrogen-bond donors (Lipinski definition) is 1. The van der Waals surface area contributed by atoms with Gasteiger partial charge in [-0.25, -0.2) is 4.98 Å². The largest absolute Gasteiger partial charge is 0.419 e. The lowest BCUT2D eigenvalue weighted by Gasteiger charge is -2.33. The summed E-state index contributed by atoms with van der Waals surface area (Å²) in [6.07, 6.45) is -0.812. The number of alkyl halides is 3. The van der Waals surface area contributed by atoms with Crippen LogP contribution in [0.3, 0.4) is 0 Å². The third-order valence-electron chi connectivity index (χ3n) is 7.10. The zero-order valence-electron chi connectivity index (χ0n) is 17.8. The molecular weight excluding hydrogens is 407 g/mol. The number of anilines is 1. The maximum absolute atomic E-state index is 13.3. The highest BCUT2D eigenvalue weighted by atomic mass is 19.4. The summed E-state index contributed by atoms with van der Waals surface area (Å²) < 4.78 is 47.3. The average molecular weight is 435 g/mol. The van der Waals surface area contributed by atoms with E-state index < -0.39 is 17.6 Å². The van der Waals surface area contributed by atoms with Crippen molar-refractivity contribution < 1.29 is 17.9 Å². The highest BCUT2D eigenvalue weighted by Crippen LogP contribution is 2.64. The Kier molecular flexibility index (Phi) is 5.01. The fraction of sp³-hybridized carbons (Fsp3) is 0.636. The summed E-state index contributed by atoms with van der Waals surface area (Å²) in [5, 5.41) is 4.67. The van der Waals surface area contributed by atoms with E-state index in [0.29, 0.717) is 35.1 Å². The molecule has 2 aliphatic carbocycles. The standard InChI is InChI=1S/C22H28F3N5O/c1-12(2)30-19(20-15-8-14(9-16(15)20)29-3-5-31-6-4-29)10-18(28-30)13-7-17(22(23,24)25)21(26)27-11-13/h7,10-12,14-16,20H,3-6,8-9H2,1-2H3,(H2,26,27). The molecule has 1 saturated heterocycles. The second-order valence-corrected chi connectivity index (χ2v) is 9.27. The molecule has 0 bridgehead atoms. The molecule has 0 amide bonds.